The molecule has 0 fully saturated rings. The van der Waals surface area contributed by atoms with Crippen LogP contribution in [-0.2, 0) is 0 Å². The first-order valence-electron chi connectivity index (χ1n) is 4.71. The van der Waals surface area contributed by atoms with Crippen molar-refractivity contribution in [1.82, 2.24) is 5.43 Å². The molecule has 2 nitrogen and oxygen atoms in total. The quantitative estimate of drug-likeness (QED) is 0.550. The van der Waals surface area contributed by atoms with Crippen LogP contribution in [0.3, 0.4) is 0 Å². The van der Waals surface area contributed by atoms with Crippen molar-refractivity contribution in [2.24, 2.45) is 5.84 Å². The fourth-order valence-corrected chi connectivity index (χ4v) is 1.27. The van der Waals surface area contributed by atoms with Gasteiger partial charge in [-0.15, -0.1) is 0 Å². The van der Waals surface area contributed by atoms with Gasteiger partial charge in [-0.1, -0.05) is 38.1 Å². The normalized spacial score (nSPS) is 13.3. The Hall–Kier alpha value is -0.860. The van der Waals surface area contributed by atoms with Gasteiger partial charge >= 0.3 is 0 Å². The van der Waals surface area contributed by atoms with Gasteiger partial charge in [-0.3, -0.25) is 11.3 Å². The van der Waals surface area contributed by atoms with E-state index in [0.29, 0.717) is 5.92 Å². The lowest BCUT2D eigenvalue weighted by molar-refractivity contribution is 0.602. The molecule has 1 aromatic carbocycles. The van der Waals surface area contributed by atoms with Crippen molar-refractivity contribution in [3.05, 3.63) is 35.4 Å². The molecule has 0 aliphatic rings. The zero-order valence-corrected chi connectivity index (χ0v) is 8.54. The number of nitrogens with two attached hydrogens (primary N) is 1. The Kier molecular flexibility index (Phi) is 3.46. The maximum atomic E-state index is 5.35. The van der Waals surface area contributed by atoms with E-state index < -0.39 is 0 Å². The molecule has 0 heterocycles. The molecular weight excluding hydrogens is 160 g/mol. The van der Waals surface area contributed by atoms with Crippen LogP contribution in [0, 0.1) is 0 Å². The molecule has 1 aromatic rings. The fraction of sp³-hybridized carbons (Fsp3) is 0.455. The lowest BCUT2D eigenvalue weighted by Gasteiger charge is -2.11. The summed E-state index contributed by atoms with van der Waals surface area (Å²) in [6.45, 7) is 6.43. The predicted molar refractivity (Wildman–Crippen MR) is 56.3 cm³/mol. The third-order valence-electron chi connectivity index (χ3n) is 2.35. The molecule has 0 amide bonds. The lowest BCUT2D eigenvalue weighted by Crippen LogP contribution is -2.25. The van der Waals surface area contributed by atoms with Crippen LogP contribution < -0.4 is 11.3 Å². The minimum absolute atomic E-state index is 0.223. The highest BCUT2D eigenvalue weighted by Gasteiger charge is 2.03. The van der Waals surface area contributed by atoms with E-state index in [-0.39, 0.29) is 6.04 Å². The van der Waals surface area contributed by atoms with E-state index in [0.717, 1.165) is 0 Å². The Balaban J connectivity index is 2.81. The van der Waals surface area contributed by atoms with Crippen molar-refractivity contribution in [1.29, 1.82) is 0 Å². The van der Waals surface area contributed by atoms with Crippen molar-refractivity contribution in [2.45, 2.75) is 32.7 Å². The third kappa shape index (κ3) is 2.54. The molecule has 3 N–H and O–H groups in total. The van der Waals surface area contributed by atoms with Crippen LogP contribution in [0.1, 0.15) is 43.9 Å². The van der Waals surface area contributed by atoms with Crippen LogP contribution in [0.25, 0.3) is 0 Å². The number of nitrogens with one attached hydrogen (secondary N) is 1. The van der Waals surface area contributed by atoms with Gasteiger partial charge in [-0.25, -0.2) is 0 Å². The van der Waals surface area contributed by atoms with Gasteiger partial charge in [0.05, 0.1) is 0 Å². The van der Waals surface area contributed by atoms with Gasteiger partial charge in [0, 0.05) is 6.04 Å². The SMILES string of the molecule is CC(C)c1ccc(C(C)NN)cc1. The topological polar surface area (TPSA) is 38.0 Å². The van der Waals surface area contributed by atoms with Crippen LogP contribution in [0.4, 0.5) is 0 Å². The van der Waals surface area contributed by atoms with Crippen LogP contribution in [0.2, 0.25) is 0 Å². The predicted octanol–water partition coefficient (Wildman–Crippen LogP) is 2.33. The zero-order chi connectivity index (χ0) is 9.84. The number of hydrogen-bond acceptors (Lipinski definition) is 2. The molecule has 0 aliphatic carbocycles. The van der Waals surface area contributed by atoms with Gasteiger partial charge < -0.3 is 0 Å². The highest BCUT2D eigenvalue weighted by Crippen LogP contribution is 2.17. The zero-order valence-electron chi connectivity index (χ0n) is 8.54. The van der Waals surface area contributed by atoms with Crippen molar-refractivity contribution in [2.75, 3.05) is 0 Å². The number of benzene rings is 1. The molecule has 0 radical (unpaired) electrons. The molecule has 72 valence electrons. The van der Waals surface area contributed by atoms with E-state index in [1.165, 1.54) is 11.1 Å². The Labute approximate surface area is 80.1 Å². The molecule has 2 heteroatoms. The summed E-state index contributed by atoms with van der Waals surface area (Å²) in [6.07, 6.45) is 0. The summed E-state index contributed by atoms with van der Waals surface area (Å²) in [4.78, 5) is 0. The van der Waals surface area contributed by atoms with E-state index >= 15 is 0 Å². The summed E-state index contributed by atoms with van der Waals surface area (Å²) in [5, 5.41) is 0. The average Bonchev–Trinajstić information content (AvgIpc) is 2.17. The highest BCUT2D eigenvalue weighted by molar-refractivity contribution is 5.26. The summed E-state index contributed by atoms with van der Waals surface area (Å²) in [5.41, 5.74) is 5.33. The molecule has 0 aliphatic heterocycles. The summed E-state index contributed by atoms with van der Waals surface area (Å²) in [5.74, 6) is 5.94. The third-order valence-corrected chi connectivity index (χ3v) is 2.35. The maximum Gasteiger partial charge on any atom is 0.0431 e. The molecule has 1 unspecified atom stereocenters. The van der Waals surface area contributed by atoms with Crippen LogP contribution in [0.15, 0.2) is 24.3 Å². The molecule has 0 bridgehead atoms. The fourth-order valence-electron chi connectivity index (χ4n) is 1.27. The molecule has 13 heavy (non-hydrogen) atoms. The van der Waals surface area contributed by atoms with Crippen molar-refractivity contribution < 1.29 is 0 Å². The summed E-state index contributed by atoms with van der Waals surface area (Å²) in [6, 6.07) is 8.79. The van der Waals surface area contributed by atoms with Gasteiger partial charge in [0.25, 0.3) is 0 Å². The van der Waals surface area contributed by atoms with E-state index in [2.05, 4.69) is 43.5 Å². The van der Waals surface area contributed by atoms with Crippen molar-refractivity contribution >= 4 is 0 Å². The number of hydrazine groups is 1. The standard InChI is InChI=1S/C11H18N2/c1-8(2)10-4-6-11(7-5-10)9(3)13-12/h4-9,13H,12H2,1-3H3. The highest BCUT2D eigenvalue weighted by atomic mass is 15.2. The second-order valence-corrected chi connectivity index (χ2v) is 3.71. The first-order valence-corrected chi connectivity index (χ1v) is 4.71. The minimum atomic E-state index is 0.223. The number of rotatable bonds is 3. The summed E-state index contributed by atoms with van der Waals surface area (Å²) < 4.78 is 0. The van der Waals surface area contributed by atoms with Gasteiger partial charge in [-0.2, -0.15) is 0 Å². The Morgan fingerprint density at radius 2 is 1.46 bits per heavy atom. The molecule has 0 aromatic heterocycles. The average molecular weight is 178 g/mol. The minimum Gasteiger partial charge on any atom is -0.271 e. The molecule has 0 saturated carbocycles. The van der Waals surface area contributed by atoms with E-state index in [4.69, 9.17) is 5.84 Å². The van der Waals surface area contributed by atoms with E-state index in [9.17, 15) is 0 Å². The Bertz CT molecular complexity index is 251. The Morgan fingerprint density at radius 1 is 1.00 bits per heavy atom. The number of hydrogen-bond donors (Lipinski definition) is 2. The molecule has 1 rings (SSSR count). The lowest BCUT2D eigenvalue weighted by atomic mass is 10.00. The second-order valence-electron chi connectivity index (χ2n) is 3.71. The molecule has 0 saturated heterocycles. The maximum absolute atomic E-state index is 5.35. The first kappa shape index (κ1) is 10.2. The van der Waals surface area contributed by atoms with Crippen LogP contribution in [0.5, 0.6) is 0 Å². The first-order chi connectivity index (χ1) is 6.15. The van der Waals surface area contributed by atoms with E-state index in [1.807, 2.05) is 6.92 Å². The van der Waals surface area contributed by atoms with Crippen molar-refractivity contribution in [3.63, 3.8) is 0 Å². The second kappa shape index (κ2) is 4.40. The van der Waals surface area contributed by atoms with Crippen LogP contribution in [-0.4, -0.2) is 0 Å². The van der Waals surface area contributed by atoms with Gasteiger partial charge in [0.1, 0.15) is 0 Å². The largest absolute Gasteiger partial charge is 0.271 e. The molecular formula is C11H18N2. The molecule has 0 spiro atoms. The van der Waals surface area contributed by atoms with E-state index in [1.54, 1.807) is 0 Å². The van der Waals surface area contributed by atoms with Gasteiger partial charge in [0.2, 0.25) is 0 Å². The summed E-state index contributed by atoms with van der Waals surface area (Å²) in [7, 11) is 0. The Morgan fingerprint density at radius 3 is 1.85 bits per heavy atom. The smallest absolute Gasteiger partial charge is 0.0431 e. The van der Waals surface area contributed by atoms with Crippen LogP contribution >= 0.6 is 0 Å². The van der Waals surface area contributed by atoms with Crippen molar-refractivity contribution in [3.8, 4) is 0 Å². The molecule has 1 atom stereocenters. The monoisotopic (exact) mass is 178 g/mol. The van der Waals surface area contributed by atoms with Gasteiger partial charge in [-0.05, 0) is 24.0 Å². The summed E-state index contributed by atoms with van der Waals surface area (Å²) >= 11 is 0. The van der Waals surface area contributed by atoms with Gasteiger partial charge in [0.15, 0.2) is 0 Å².